The van der Waals surface area contributed by atoms with Gasteiger partial charge in [0.05, 0.1) is 19.3 Å². The highest BCUT2D eigenvalue weighted by Gasteiger charge is 2.16. The van der Waals surface area contributed by atoms with Crippen LogP contribution in [0.4, 0.5) is 0 Å². The molecule has 2 atom stereocenters. The summed E-state index contributed by atoms with van der Waals surface area (Å²) >= 11 is 0. The van der Waals surface area contributed by atoms with E-state index in [4.69, 9.17) is 14.6 Å². The molecule has 1 aromatic carbocycles. The Balaban J connectivity index is 2.50. The fourth-order valence-electron chi connectivity index (χ4n) is 2.30. The molecule has 1 rings (SSSR count). The Bertz CT molecular complexity index is 521. The molecule has 0 aromatic heterocycles. The lowest BCUT2D eigenvalue weighted by Crippen LogP contribution is -2.10. The highest BCUT2D eigenvalue weighted by Crippen LogP contribution is 2.27. The Morgan fingerprint density at radius 1 is 1.29 bits per heavy atom. The minimum absolute atomic E-state index is 0.0276. The van der Waals surface area contributed by atoms with Crippen LogP contribution in [0, 0.1) is 5.92 Å². The molecule has 2 N–H and O–H groups in total. The van der Waals surface area contributed by atoms with Gasteiger partial charge >= 0.3 is 5.97 Å². The fraction of sp³-hybridized carbons (Fsp3) is 0.526. The lowest BCUT2D eigenvalue weighted by molar-refractivity contribution is -0.138. The predicted molar refractivity (Wildman–Crippen MR) is 92.8 cm³/mol. The van der Waals surface area contributed by atoms with E-state index in [9.17, 15) is 9.90 Å². The molecule has 0 spiro atoms. The molecule has 0 aliphatic rings. The number of aliphatic hydroxyl groups excluding tert-OH is 2. The normalized spacial score (nSPS) is 14.1. The second kappa shape index (κ2) is 10.8. The first-order valence-corrected chi connectivity index (χ1v) is 8.35. The van der Waals surface area contributed by atoms with Gasteiger partial charge in [-0.3, -0.25) is 0 Å². The third-order valence-corrected chi connectivity index (χ3v) is 3.79. The highest BCUT2D eigenvalue weighted by atomic mass is 16.5. The summed E-state index contributed by atoms with van der Waals surface area (Å²) in [6.45, 7) is 6.10. The second-order valence-electron chi connectivity index (χ2n) is 5.75. The number of aliphatic hydroxyl groups is 2. The average molecular weight is 336 g/mol. The maximum atomic E-state index is 11.5. The van der Waals surface area contributed by atoms with Crippen molar-refractivity contribution in [3.8, 4) is 5.75 Å². The molecule has 1 aromatic rings. The number of rotatable bonds is 10. The third-order valence-electron chi connectivity index (χ3n) is 3.79. The lowest BCUT2D eigenvalue weighted by Gasteiger charge is -2.19. The van der Waals surface area contributed by atoms with Crippen LogP contribution in [0.15, 0.2) is 35.9 Å². The van der Waals surface area contributed by atoms with Crippen LogP contribution in [0.1, 0.15) is 45.3 Å². The van der Waals surface area contributed by atoms with Gasteiger partial charge in [0.25, 0.3) is 0 Å². The molecule has 0 amide bonds. The molecule has 0 saturated heterocycles. The summed E-state index contributed by atoms with van der Waals surface area (Å²) < 4.78 is 10.2. The van der Waals surface area contributed by atoms with Crippen LogP contribution < -0.4 is 4.74 Å². The number of benzene rings is 1. The van der Waals surface area contributed by atoms with E-state index in [1.54, 1.807) is 26.0 Å². The molecule has 5 nitrogen and oxygen atoms in total. The van der Waals surface area contributed by atoms with Crippen molar-refractivity contribution in [2.45, 2.75) is 39.7 Å². The van der Waals surface area contributed by atoms with Crippen molar-refractivity contribution in [2.75, 3.05) is 19.8 Å². The molecule has 0 bridgehead atoms. The number of allylic oxidation sites excluding steroid dienone is 1. The number of hydrogen-bond donors (Lipinski definition) is 2. The number of hydrogen-bond acceptors (Lipinski definition) is 5. The van der Waals surface area contributed by atoms with Gasteiger partial charge in [0.1, 0.15) is 12.4 Å². The van der Waals surface area contributed by atoms with Gasteiger partial charge in [-0.15, -0.1) is 0 Å². The summed E-state index contributed by atoms with van der Waals surface area (Å²) in [5.41, 5.74) is 1.42. The molecule has 0 aliphatic carbocycles. The zero-order valence-electron chi connectivity index (χ0n) is 14.7. The molecule has 0 aliphatic heterocycles. The van der Waals surface area contributed by atoms with Crippen LogP contribution in [0.3, 0.4) is 0 Å². The van der Waals surface area contributed by atoms with Crippen LogP contribution in [-0.2, 0) is 9.53 Å². The average Bonchev–Trinajstić information content (AvgIpc) is 2.59. The number of carbonyl (C=O) groups excluding carboxylic acids is 1. The van der Waals surface area contributed by atoms with Crippen molar-refractivity contribution in [1.82, 2.24) is 0 Å². The predicted octanol–water partition coefficient (Wildman–Crippen LogP) is 3.02. The van der Waals surface area contributed by atoms with E-state index in [1.165, 1.54) is 0 Å². The molecule has 0 saturated carbocycles. The zero-order chi connectivity index (χ0) is 17.9. The summed E-state index contributed by atoms with van der Waals surface area (Å²) in [4.78, 5) is 11.5. The molecule has 0 heterocycles. The van der Waals surface area contributed by atoms with Crippen molar-refractivity contribution < 1.29 is 24.5 Å². The maximum absolute atomic E-state index is 11.5. The zero-order valence-corrected chi connectivity index (χ0v) is 14.7. The summed E-state index contributed by atoms with van der Waals surface area (Å²) in [7, 11) is 0. The van der Waals surface area contributed by atoms with Crippen LogP contribution >= 0.6 is 0 Å². The Kier molecular flexibility index (Phi) is 9.12. The fourth-order valence-corrected chi connectivity index (χ4v) is 2.30. The largest absolute Gasteiger partial charge is 0.491 e. The van der Waals surface area contributed by atoms with Gasteiger partial charge in [-0.1, -0.05) is 25.1 Å². The van der Waals surface area contributed by atoms with E-state index >= 15 is 0 Å². The van der Waals surface area contributed by atoms with E-state index in [2.05, 4.69) is 0 Å². The van der Waals surface area contributed by atoms with Gasteiger partial charge in [-0.2, -0.15) is 0 Å². The van der Waals surface area contributed by atoms with Gasteiger partial charge in [0.15, 0.2) is 0 Å². The quantitative estimate of drug-likeness (QED) is 0.507. The standard InChI is InChI=1S/C19H28O5/c1-4-23-19(22)15(3)7-5-6-14(2)18(21)16-8-10-17(11-9-16)24-13-12-20/h7-11,14,18,20-21H,4-6,12-13H2,1-3H3/b15-7+/t14-,18-/m0/s1. The number of esters is 1. The molecule has 0 unspecified atom stereocenters. The Labute approximate surface area is 143 Å². The summed E-state index contributed by atoms with van der Waals surface area (Å²) in [5.74, 6) is 0.435. The SMILES string of the molecule is CCOC(=O)/C(C)=C/CC[C@H](C)[C@H](O)c1ccc(OCCO)cc1. The molecule has 0 fully saturated rings. The summed E-state index contributed by atoms with van der Waals surface area (Å²) in [6, 6.07) is 7.22. The van der Waals surface area contributed by atoms with Crippen molar-refractivity contribution in [2.24, 2.45) is 5.92 Å². The molecule has 24 heavy (non-hydrogen) atoms. The first-order valence-electron chi connectivity index (χ1n) is 8.35. The van der Waals surface area contributed by atoms with Crippen molar-refractivity contribution in [3.05, 3.63) is 41.5 Å². The molecular formula is C19H28O5. The monoisotopic (exact) mass is 336 g/mol. The highest BCUT2D eigenvalue weighted by molar-refractivity contribution is 5.87. The smallest absolute Gasteiger partial charge is 0.333 e. The second-order valence-corrected chi connectivity index (χ2v) is 5.75. The van der Waals surface area contributed by atoms with E-state index in [1.807, 2.05) is 25.1 Å². The molecule has 5 heteroatoms. The summed E-state index contributed by atoms with van der Waals surface area (Å²) in [5, 5.41) is 19.2. The van der Waals surface area contributed by atoms with Gasteiger partial charge < -0.3 is 19.7 Å². The summed E-state index contributed by atoms with van der Waals surface area (Å²) in [6.07, 6.45) is 2.75. The Hall–Kier alpha value is -1.85. The Morgan fingerprint density at radius 2 is 1.96 bits per heavy atom. The number of carbonyl (C=O) groups is 1. The molecule has 134 valence electrons. The third kappa shape index (κ3) is 6.72. The van der Waals surface area contributed by atoms with Crippen LogP contribution in [0.5, 0.6) is 5.75 Å². The van der Waals surface area contributed by atoms with Crippen molar-refractivity contribution in [3.63, 3.8) is 0 Å². The van der Waals surface area contributed by atoms with E-state index in [0.29, 0.717) is 24.4 Å². The Morgan fingerprint density at radius 3 is 2.54 bits per heavy atom. The molecule has 0 radical (unpaired) electrons. The maximum Gasteiger partial charge on any atom is 0.333 e. The van der Waals surface area contributed by atoms with Gasteiger partial charge in [0, 0.05) is 5.57 Å². The van der Waals surface area contributed by atoms with Crippen LogP contribution in [0.25, 0.3) is 0 Å². The minimum atomic E-state index is -0.576. The lowest BCUT2D eigenvalue weighted by atomic mass is 9.93. The van der Waals surface area contributed by atoms with Crippen molar-refractivity contribution in [1.29, 1.82) is 0 Å². The first kappa shape index (κ1) is 20.2. The van der Waals surface area contributed by atoms with Gasteiger partial charge in [-0.25, -0.2) is 4.79 Å². The van der Waals surface area contributed by atoms with Gasteiger partial charge in [-0.05, 0) is 50.3 Å². The number of ether oxygens (including phenoxy) is 2. The van der Waals surface area contributed by atoms with Crippen molar-refractivity contribution >= 4 is 5.97 Å². The minimum Gasteiger partial charge on any atom is -0.491 e. The topological polar surface area (TPSA) is 76.0 Å². The van der Waals surface area contributed by atoms with E-state index < -0.39 is 6.10 Å². The van der Waals surface area contributed by atoms with Crippen LogP contribution in [0.2, 0.25) is 0 Å². The first-order chi connectivity index (χ1) is 11.5. The van der Waals surface area contributed by atoms with Crippen LogP contribution in [-0.4, -0.2) is 36.0 Å². The van der Waals surface area contributed by atoms with E-state index in [-0.39, 0.29) is 25.1 Å². The molecular weight excluding hydrogens is 308 g/mol. The van der Waals surface area contributed by atoms with E-state index in [0.717, 1.165) is 12.0 Å². The van der Waals surface area contributed by atoms with Gasteiger partial charge in [0.2, 0.25) is 0 Å².